The number of ether oxygens (including phenoxy) is 1. The molecule has 5 heteroatoms. The Balaban J connectivity index is 2.94. The van der Waals surface area contributed by atoms with Gasteiger partial charge in [-0.2, -0.15) is 0 Å². The van der Waals surface area contributed by atoms with Crippen LogP contribution in [-0.2, 0) is 9.53 Å². The van der Waals surface area contributed by atoms with Crippen LogP contribution >= 0.6 is 0 Å². The smallest absolute Gasteiger partial charge is 0.464 e. The van der Waals surface area contributed by atoms with Crippen LogP contribution in [0.2, 0.25) is 5.82 Å². The normalized spacial score (nSPS) is 20.7. The summed E-state index contributed by atoms with van der Waals surface area (Å²) in [5, 5.41) is 17.7. The average molecular weight is 180 g/mol. The standard InChI is InChI=1S/C8H9BO4/c1-13-7-2-3-8(9(11)12)6(4-7)5-10/h2-4,8,11-12H,1H3. The Labute approximate surface area is 76.0 Å². The minimum atomic E-state index is -1.58. The van der Waals surface area contributed by atoms with Crippen LogP contribution in [-0.4, -0.2) is 30.2 Å². The maximum atomic E-state index is 10.4. The van der Waals surface area contributed by atoms with Crippen molar-refractivity contribution in [2.75, 3.05) is 7.11 Å². The van der Waals surface area contributed by atoms with Gasteiger partial charge in [0.25, 0.3) is 0 Å². The molecule has 13 heavy (non-hydrogen) atoms. The summed E-state index contributed by atoms with van der Waals surface area (Å²) >= 11 is 0. The van der Waals surface area contributed by atoms with Gasteiger partial charge < -0.3 is 14.8 Å². The van der Waals surface area contributed by atoms with Gasteiger partial charge in [-0.25, -0.2) is 4.79 Å². The number of allylic oxidation sites excluding steroid dienone is 4. The van der Waals surface area contributed by atoms with Crippen molar-refractivity contribution in [2.45, 2.75) is 5.82 Å². The number of hydrogen-bond acceptors (Lipinski definition) is 4. The molecule has 1 unspecified atom stereocenters. The van der Waals surface area contributed by atoms with Crippen LogP contribution < -0.4 is 0 Å². The fourth-order valence-corrected chi connectivity index (χ4v) is 1.08. The van der Waals surface area contributed by atoms with Crippen LogP contribution in [0.15, 0.2) is 29.6 Å². The maximum Gasteiger partial charge on any atom is 0.464 e. The third-order valence-electron chi connectivity index (χ3n) is 1.80. The molecule has 0 aromatic carbocycles. The van der Waals surface area contributed by atoms with Gasteiger partial charge in [0.15, 0.2) is 0 Å². The Morgan fingerprint density at radius 3 is 2.77 bits per heavy atom. The van der Waals surface area contributed by atoms with Crippen LogP contribution in [0.5, 0.6) is 0 Å². The summed E-state index contributed by atoms with van der Waals surface area (Å²) < 4.78 is 4.86. The number of methoxy groups -OCH3 is 1. The minimum Gasteiger partial charge on any atom is -0.497 e. The molecular weight excluding hydrogens is 171 g/mol. The van der Waals surface area contributed by atoms with Crippen molar-refractivity contribution in [2.24, 2.45) is 0 Å². The van der Waals surface area contributed by atoms with E-state index in [-0.39, 0.29) is 5.57 Å². The first-order chi connectivity index (χ1) is 6.19. The molecule has 0 saturated carbocycles. The van der Waals surface area contributed by atoms with Gasteiger partial charge in [-0.05, 0) is 12.2 Å². The number of hydrogen-bond donors (Lipinski definition) is 2. The first kappa shape index (κ1) is 9.80. The molecule has 1 atom stereocenters. The summed E-state index contributed by atoms with van der Waals surface area (Å²) in [6, 6.07) is 0. The molecule has 0 radical (unpaired) electrons. The van der Waals surface area contributed by atoms with Gasteiger partial charge in [0, 0.05) is 11.4 Å². The van der Waals surface area contributed by atoms with Gasteiger partial charge >= 0.3 is 7.12 Å². The van der Waals surface area contributed by atoms with Gasteiger partial charge in [-0.15, -0.1) is 0 Å². The Hall–Kier alpha value is -1.29. The molecule has 0 spiro atoms. The highest BCUT2D eigenvalue weighted by molar-refractivity contribution is 6.45. The minimum absolute atomic E-state index is 0.175. The largest absolute Gasteiger partial charge is 0.497 e. The third-order valence-corrected chi connectivity index (χ3v) is 1.80. The topological polar surface area (TPSA) is 66.8 Å². The lowest BCUT2D eigenvalue weighted by molar-refractivity contribution is 0.305. The first-order valence-corrected chi connectivity index (χ1v) is 3.74. The molecule has 0 aromatic rings. The Kier molecular flexibility index (Phi) is 3.09. The summed E-state index contributed by atoms with van der Waals surface area (Å²) in [7, 11) is -0.115. The lowest BCUT2D eigenvalue weighted by Gasteiger charge is -2.14. The van der Waals surface area contributed by atoms with Gasteiger partial charge in [-0.1, -0.05) is 6.08 Å². The maximum absolute atomic E-state index is 10.4. The van der Waals surface area contributed by atoms with E-state index in [1.54, 1.807) is 12.0 Å². The Morgan fingerprint density at radius 1 is 1.62 bits per heavy atom. The van der Waals surface area contributed by atoms with E-state index < -0.39 is 12.9 Å². The molecular formula is C8H9BO4. The van der Waals surface area contributed by atoms with Crippen molar-refractivity contribution in [1.82, 2.24) is 0 Å². The van der Waals surface area contributed by atoms with Crippen LogP contribution in [0.4, 0.5) is 0 Å². The molecule has 0 heterocycles. The van der Waals surface area contributed by atoms with E-state index in [4.69, 9.17) is 14.8 Å². The van der Waals surface area contributed by atoms with E-state index >= 15 is 0 Å². The predicted octanol–water partition coefficient (Wildman–Crippen LogP) is -0.312. The summed E-state index contributed by atoms with van der Waals surface area (Å²) in [6.07, 6.45) is 4.49. The average Bonchev–Trinajstić information content (AvgIpc) is 2.16. The fourth-order valence-electron chi connectivity index (χ4n) is 1.08. The van der Waals surface area contributed by atoms with Crippen LogP contribution in [0.1, 0.15) is 0 Å². The van der Waals surface area contributed by atoms with E-state index in [2.05, 4.69) is 0 Å². The highest BCUT2D eigenvalue weighted by atomic mass is 16.5. The monoisotopic (exact) mass is 180 g/mol. The quantitative estimate of drug-likeness (QED) is 0.451. The predicted molar refractivity (Wildman–Crippen MR) is 47.4 cm³/mol. The molecule has 68 valence electrons. The second-order valence-corrected chi connectivity index (χ2v) is 2.61. The van der Waals surface area contributed by atoms with E-state index in [0.29, 0.717) is 5.76 Å². The van der Waals surface area contributed by atoms with Gasteiger partial charge in [0.2, 0.25) is 0 Å². The molecule has 1 rings (SSSR count). The SMILES string of the molecule is COC1=CC(=C=O)C(B(O)O)C=C1. The summed E-state index contributed by atoms with van der Waals surface area (Å²) in [5.41, 5.74) is 0.175. The molecule has 1 aliphatic rings. The second kappa shape index (κ2) is 4.09. The van der Waals surface area contributed by atoms with Crippen molar-refractivity contribution in [1.29, 1.82) is 0 Å². The van der Waals surface area contributed by atoms with Gasteiger partial charge in [-0.3, -0.25) is 0 Å². The molecule has 0 amide bonds. The Bertz CT molecular complexity index is 299. The lowest BCUT2D eigenvalue weighted by atomic mass is 9.67. The molecule has 2 N–H and O–H groups in total. The molecule has 0 aliphatic heterocycles. The fraction of sp³-hybridized carbons (Fsp3) is 0.250. The van der Waals surface area contributed by atoms with Crippen molar-refractivity contribution < 1.29 is 19.6 Å². The van der Waals surface area contributed by atoms with E-state index in [0.717, 1.165) is 0 Å². The second-order valence-electron chi connectivity index (χ2n) is 2.61. The van der Waals surface area contributed by atoms with Crippen molar-refractivity contribution in [3.8, 4) is 0 Å². The molecule has 0 bridgehead atoms. The molecule has 4 nitrogen and oxygen atoms in total. The third kappa shape index (κ3) is 2.09. The molecule has 1 aliphatic carbocycles. The number of carbonyl (C=O) groups excluding carboxylic acids is 1. The molecule has 0 saturated heterocycles. The van der Waals surface area contributed by atoms with E-state index in [9.17, 15) is 4.79 Å². The zero-order chi connectivity index (χ0) is 9.84. The van der Waals surface area contributed by atoms with Crippen LogP contribution in [0.25, 0.3) is 0 Å². The molecule has 0 fully saturated rings. The highest BCUT2D eigenvalue weighted by Gasteiger charge is 2.27. The van der Waals surface area contributed by atoms with Crippen LogP contribution in [0.3, 0.4) is 0 Å². The van der Waals surface area contributed by atoms with Crippen molar-refractivity contribution in [3.63, 3.8) is 0 Å². The summed E-state index contributed by atoms with van der Waals surface area (Å²) in [6.45, 7) is 0. The summed E-state index contributed by atoms with van der Waals surface area (Å²) in [5.74, 6) is 1.42. The van der Waals surface area contributed by atoms with E-state index in [1.807, 2.05) is 0 Å². The van der Waals surface area contributed by atoms with E-state index in [1.165, 1.54) is 19.3 Å². The highest BCUT2D eigenvalue weighted by Crippen LogP contribution is 2.26. The zero-order valence-corrected chi connectivity index (χ0v) is 7.10. The van der Waals surface area contributed by atoms with Gasteiger partial charge in [0.1, 0.15) is 11.7 Å². The molecule has 0 aromatic heterocycles. The summed E-state index contributed by atoms with van der Waals surface area (Å²) in [4.78, 5) is 10.4. The lowest BCUT2D eigenvalue weighted by Crippen LogP contribution is -2.21. The van der Waals surface area contributed by atoms with Crippen LogP contribution in [0, 0.1) is 0 Å². The Morgan fingerprint density at radius 2 is 2.31 bits per heavy atom. The zero-order valence-electron chi connectivity index (χ0n) is 7.10. The number of rotatable bonds is 2. The van der Waals surface area contributed by atoms with Crippen molar-refractivity contribution >= 4 is 13.1 Å². The van der Waals surface area contributed by atoms with Gasteiger partial charge in [0.05, 0.1) is 7.11 Å². The first-order valence-electron chi connectivity index (χ1n) is 3.74. The van der Waals surface area contributed by atoms with Crippen molar-refractivity contribution in [3.05, 3.63) is 29.6 Å².